The van der Waals surface area contributed by atoms with Gasteiger partial charge in [-0.05, 0) is 31.6 Å². The zero-order chi connectivity index (χ0) is 12.5. The van der Waals surface area contributed by atoms with E-state index in [4.69, 9.17) is 0 Å². The van der Waals surface area contributed by atoms with Crippen LogP contribution in [-0.2, 0) is 0 Å². The first-order valence-corrected chi connectivity index (χ1v) is 7.75. The summed E-state index contributed by atoms with van der Waals surface area (Å²) in [4.78, 5) is 3.88. The Balaban J connectivity index is 1.46. The summed E-state index contributed by atoms with van der Waals surface area (Å²) in [7, 11) is 0. The van der Waals surface area contributed by atoms with E-state index >= 15 is 0 Å². The van der Waals surface area contributed by atoms with E-state index in [2.05, 4.69) is 45.9 Å². The lowest BCUT2D eigenvalue weighted by molar-refractivity contribution is 0.238. The highest BCUT2D eigenvalue weighted by molar-refractivity contribution is 7.99. The molecule has 0 radical (unpaired) electrons. The van der Waals surface area contributed by atoms with Gasteiger partial charge in [-0.2, -0.15) is 0 Å². The third kappa shape index (κ3) is 5.40. The van der Waals surface area contributed by atoms with Crippen molar-refractivity contribution in [2.24, 2.45) is 0 Å². The smallest absolute Gasteiger partial charge is 0.0465 e. The molecule has 1 aromatic carbocycles. The van der Waals surface area contributed by atoms with Crippen molar-refractivity contribution in [3.63, 3.8) is 0 Å². The van der Waals surface area contributed by atoms with Crippen LogP contribution in [0.4, 0.5) is 0 Å². The molecular formula is C14H23N3S. The fourth-order valence-electron chi connectivity index (χ4n) is 2.09. The predicted octanol–water partition coefficient (Wildman–Crippen LogP) is 1.62. The Hall–Kier alpha value is -0.550. The second-order valence-corrected chi connectivity index (χ2v) is 5.60. The molecule has 1 aliphatic heterocycles. The third-order valence-electron chi connectivity index (χ3n) is 3.12. The average Bonchev–Trinajstić information content (AvgIpc) is 2.45. The Morgan fingerprint density at radius 3 is 2.72 bits per heavy atom. The van der Waals surface area contributed by atoms with Gasteiger partial charge in [0, 0.05) is 37.0 Å². The zero-order valence-electron chi connectivity index (χ0n) is 10.9. The number of thioether (sulfide) groups is 1. The molecule has 1 heterocycles. The van der Waals surface area contributed by atoms with Crippen molar-refractivity contribution < 1.29 is 0 Å². The van der Waals surface area contributed by atoms with Crippen molar-refractivity contribution in [1.29, 1.82) is 0 Å². The van der Waals surface area contributed by atoms with Crippen molar-refractivity contribution in [3.05, 3.63) is 30.3 Å². The number of piperazine rings is 1. The van der Waals surface area contributed by atoms with E-state index in [1.54, 1.807) is 0 Å². The Kier molecular flexibility index (Phi) is 6.58. The summed E-state index contributed by atoms with van der Waals surface area (Å²) in [6, 6.07) is 10.6. The van der Waals surface area contributed by atoms with Crippen LogP contribution in [0.5, 0.6) is 0 Å². The van der Waals surface area contributed by atoms with Gasteiger partial charge in [0.1, 0.15) is 0 Å². The minimum absolute atomic E-state index is 1.01. The summed E-state index contributed by atoms with van der Waals surface area (Å²) >= 11 is 1.87. The minimum Gasteiger partial charge on any atom is -0.314 e. The second kappa shape index (κ2) is 8.53. The van der Waals surface area contributed by atoms with Gasteiger partial charge in [0.15, 0.2) is 0 Å². The SMILES string of the molecule is c1ccc(SCNCCCN2CCNCC2)cc1. The molecule has 18 heavy (non-hydrogen) atoms. The normalized spacial score (nSPS) is 16.9. The third-order valence-corrected chi connectivity index (χ3v) is 4.08. The molecule has 1 aromatic rings. The monoisotopic (exact) mass is 265 g/mol. The van der Waals surface area contributed by atoms with Crippen molar-refractivity contribution in [3.8, 4) is 0 Å². The standard InChI is InChI=1S/C14H23N3S/c1-2-5-14(6-3-1)18-13-16-7-4-10-17-11-8-15-9-12-17/h1-3,5-6,15-16H,4,7-13H2. The van der Waals surface area contributed by atoms with Gasteiger partial charge in [0.2, 0.25) is 0 Å². The first-order valence-electron chi connectivity index (χ1n) is 6.77. The molecular weight excluding hydrogens is 242 g/mol. The molecule has 0 spiro atoms. The second-order valence-electron chi connectivity index (χ2n) is 4.55. The molecule has 3 nitrogen and oxygen atoms in total. The molecule has 1 saturated heterocycles. The van der Waals surface area contributed by atoms with E-state index < -0.39 is 0 Å². The van der Waals surface area contributed by atoms with Crippen LogP contribution in [0.2, 0.25) is 0 Å². The molecule has 0 amide bonds. The van der Waals surface area contributed by atoms with Crippen molar-refractivity contribution >= 4 is 11.8 Å². The maximum absolute atomic E-state index is 3.49. The zero-order valence-corrected chi connectivity index (χ0v) is 11.7. The molecule has 0 atom stereocenters. The molecule has 2 N–H and O–H groups in total. The molecule has 1 aliphatic rings. The predicted molar refractivity (Wildman–Crippen MR) is 79.1 cm³/mol. The Labute approximate surface area is 114 Å². The maximum atomic E-state index is 3.49. The van der Waals surface area contributed by atoms with Crippen molar-refractivity contribution in [1.82, 2.24) is 15.5 Å². The van der Waals surface area contributed by atoms with Gasteiger partial charge in [-0.25, -0.2) is 0 Å². The van der Waals surface area contributed by atoms with Gasteiger partial charge >= 0.3 is 0 Å². The summed E-state index contributed by atoms with van der Waals surface area (Å²) in [5.74, 6) is 1.01. The van der Waals surface area contributed by atoms with Crippen LogP contribution < -0.4 is 10.6 Å². The van der Waals surface area contributed by atoms with E-state index in [1.807, 2.05) is 11.8 Å². The molecule has 2 rings (SSSR count). The lowest BCUT2D eigenvalue weighted by Crippen LogP contribution is -2.44. The summed E-state index contributed by atoms with van der Waals surface area (Å²) in [5.41, 5.74) is 0. The highest BCUT2D eigenvalue weighted by Gasteiger charge is 2.07. The molecule has 100 valence electrons. The Morgan fingerprint density at radius 2 is 1.94 bits per heavy atom. The van der Waals surface area contributed by atoms with Crippen LogP contribution in [0.3, 0.4) is 0 Å². The summed E-state index contributed by atoms with van der Waals surface area (Å²) in [5, 5.41) is 6.88. The van der Waals surface area contributed by atoms with E-state index in [-0.39, 0.29) is 0 Å². The summed E-state index contributed by atoms with van der Waals surface area (Å²) in [6.07, 6.45) is 1.25. The van der Waals surface area contributed by atoms with Crippen molar-refractivity contribution in [2.45, 2.75) is 11.3 Å². The fraction of sp³-hybridized carbons (Fsp3) is 0.571. The molecule has 0 aromatic heterocycles. The molecule has 0 aliphatic carbocycles. The van der Waals surface area contributed by atoms with Gasteiger partial charge < -0.3 is 15.5 Å². The van der Waals surface area contributed by atoms with Gasteiger partial charge in [-0.15, -0.1) is 11.8 Å². The summed E-state index contributed by atoms with van der Waals surface area (Å²) < 4.78 is 0. The molecule has 0 bridgehead atoms. The minimum atomic E-state index is 1.01. The maximum Gasteiger partial charge on any atom is 0.0465 e. The number of hydrogen-bond acceptors (Lipinski definition) is 4. The number of benzene rings is 1. The fourth-order valence-corrected chi connectivity index (χ4v) is 2.85. The van der Waals surface area contributed by atoms with Gasteiger partial charge in [0.05, 0.1) is 0 Å². The first-order chi connectivity index (χ1) is 8.95. The van der Waals surface area contributed by atoms with Crippen LogP contribution in [0.25, 0.3) is 0 Å². The van der Waals surface area contributed by atoms with E-state index in [0.717, 1.165) is 25.5 Å². The van der Waals surface area contributed by atoms with E-state index in [0.29, 0.717) is 0 Å². The van der Waals surface area contributed by atoms with Gasteiger partial charge in [-0.1, -0.05) is 18.2 Å². The highest BCUT2D eigenvalue weighted by Crippen LogP contribution is 2.14. The molecule has 1 fully saturated rings. The van der Waals surface area contributed by atoms with Crippen LogP contribution in [-0.4, -0.2) is 50.0 Å². The Morgan fingerprint density at radius 1 is 1.17 bits per heavy atom. The van der Waals surface area contributed by atoms with Crippen LogP contribution in [0.1, 0.15) is 6.42 Å². The largest absolute Gasteiger partial charge is 0.314 e. The number of hydrogen-bond donors (Lipinski definition) is 2. The lowest BCUT2D eigenvalue weighted by Gasteiger charge is -2.27. The number of nitrogens with zero attached hydrogens (tertiary/aromatic N) is 1. The molecule has 0 unspecified atom stereocenters. The Bertz CT molecular complexity index is 312. The van der Waals surface area contributed by atoms with Gasteiger partial charge in [0.25, 0.3) is 0 Å². The van der Waals surface area contributed by atoms with Gasteiger partial charge in [-0.3, -0.25) is 0 Å². The van der Waals surface area contributed by atoms with Crippen molar-refractivity contribution in [2.75, 3.05) is 45.1 Å². The lowest BCUT2D eigenvalue weighted by atomic mass is 10.3. The number of rotatable bonds is 7. The molecule has 0 saturated carbocycles. The highest BCUT2D eigenvalue weighted by atomic mass is 32.2. The van der Waals surface area contributed by atoms with Crippen LogP contribution in [0.15, 0.2) is 35.2 Å². The average molecular weight is 265 g/mol. The quantitative estimate of drug-likeness (QED) is 0.445. The summed E-state index contributed by atoms with van der Waals surface area (Å²) in [6.45, 7) is 7.06. The van der Waals surface area contributed by atoms with E-state index in [1.165, 1.54) is 31.0 Å². The molecule has 4 heteroatoms. The first kappa shape index (κ1) is 13.9. The number of nitrogens with one attached hydrogen (secondary N) is 2. The van der Waals surface area contributed by atoms with Crippen LogP contribution in [0, 0.1) is 0 Å². The van der Waals surface area contributed by atoms with E-state index in [9.17, 15) is 0 Å². The van der Waals surface area contributed by atoms with Crippen LogP contribution >= 0.6 is 11.8 Å². The topological polar surface area (TPSA) is 27.3 Å².